The zero-order chi connectivity index (χ0) is 17.9. The minimum Gasteiger partial charge on any atom is -0.339 e. The molecule has 1 aromatic carbocycles. The van der Waals surface area contributed by atoms with Gasteiger partial charge in [-0.15, -0.1) is 0 Å². The SMILES string of the molecule is O=C(c1cnc(Nc2cccc(C(F)(F)F)c2)cn1)N1CCCCC1. The van der Waals surface area contributed by atoms with Crippen molar-refractivity contribution in [2.45, 2.75) is 25.4 Å². The van der Waals surface area contributed by atoms with Gasteiger partial charge in [0.1, 0.15) is 11.5 Å². The van der Waals surface area contributed by atoms with Crippen LogP contribution in [0.3, 0.4) is 0 Å². The lowest BCUT2D eigenvalue weighted by molar-refractivity contribution is -0.137. The van der Waals surface area contributed by atoms with Gasteiger partial charge in [0, 0.05) is 18.8 Å². The predicted molar refractivity (Wildman–Crippen MR) is 86.5 cm³/mol. The monoisotopic (exact) mass is 350 g/mol. The molecule has 1 aliphatic heterocycles. The standard InChI is InChI=1S/C17H17F3N4O/c18-17(19,20)12-5-4-6-13(9-12)23-15-11-21-14(10-22-15)16(25)24-7-2-1-3-8-24/h4-6,9-11H,1-3,7-8H2,(H,22,23). The second kappa shape index (κ2) is 7.08. The van der Waals surface area contributed by atoms with Gasteiger partial charge in [-0.25, -0.2) is 9.97 Å². The highest BCUT2D eigenvalue weighted by Gasteiger charge is 2.30. The van der Waals surface area contributed by atoms with Gasteiger partial charge >= 0.3 is 6.18 Å². The minimum absolute atomic E-state index is 0.169. The van der Waals surface area contributed by atoms with E-state index in [-0.39, 0.29) is 23.1 Å². The molecule has 1 N–H and O–H groups in total. The summed E-state index contributed by atoms with van der Waals surface area (Å²) in [7, 11) is 0. The number of likely N-dealkylation sites (tertiary alicyclic amines) is 1. The highest BCUT2D eigenvalue weighted by molar-refractivity contribution is 5.92. The number of aromatic nitrogens is 2. The van der Waals surface area contributed by atoms with Crippen LogP contribution in [0.4, 0.5) is 24.7 Å². The molecule has 0 aliphatic carbocycles. The number of piperidine rings is 1. The van der Waals surface area contributed by atoms with Crippen molar-refractivity contribution in [1.29, 1.82) is 0 Å². The summed E-state index contributed by atoms with van der Waals surface area (Å²) in [6.45, 7) is 1.43. The van der Waals surface area contributed by atoms with Gasteiger partial charge in [0.15, 0.2) is 0 Å². The number of halogens is 3. The summed E-state index contributed by atoms with van der Waals surface area (Å²) >= 11 is 0. The smallest absolute Gasteiger partial charge is 0.339 e. The van der Waals surface area contributed by atoms with Crippen molar-refractivity contribution >= 4 is 17.4 Å². The number of hydrogen-bond donors (Lipinski definition) is 1. The summed E-state index contributed by atoms with van der Waals surface area (Å²) in [4.78, 5) is 22.2. The highest BCUT2D eigenvalue weighted by Crippen LogP contribution is 2.31. The topological polar surface area (TPSA) is 58.1 Å². The van der Waals surface area contributed by atoms with E-state index in [1.165, 1.54) is 24.5 Å². The maximum absolute atomic E-state index is 12.7. The number of carbonyl (C=O) groups excluding carboxylic acids is 1. The Labute approximate surface area is 142 Å². The molecule has 8 heteroatoms. The van der Waals surface area contributed by atoms with Crippen LogP contribution in [0.1, 0.15) is 35.3 Å². The number of amides is 1. The first-order valence-corrected chi connectivity index (χ1v) is 7.99. The van der Waals surface area contributed by atoms with Crippen molar-refractivity contribution in [2.75, 3.05) is 18.4 Å². The van der Waals surface area contributed by atoms with Gasteiger partial charge in [0.25, 0.3) is 5.91 Å². The number of carbonyl (C=O) groups is 1. The summed E-state index contributed by atoms with van der Waals surface area (Å²) in [6.07, 6.45) is 1.36. The molecule has 1 saturated heterocycles. The number of nitrogens with one attached hydrogen (secondary N) is 1. The van der Waals surface area contributed by atoms with E-state index in [4.69, 9.17) is 0 Å². The lowest BCUT2D eigenvalue weighted by Crippen LogP contribution is -2.36. The van der Waals surface area contributed by atoms with Crippen molar-refractivity contribution in [2.24, 2.45) is 0 Å². The average molecular weight is 350 g/mol. The summed E-state index contributed by atoms with van der Waals surface area (Å²) in [5, 5.41) is 2.76. The summed E-state index contributed by atoms with van der Waals surface area (Å²) in [5.41, 5.74) is -0.266. The molecule has 0 atom stereocenters. The van der Waals surface area contributed by atoms with Crippen LogP contribution in [0.15, 0.2) is 36.7 Å². The van der Waals surface area contributed by atoms with Crippen LogP contribution in [-0.4, -0.2) is 33.9 Å². The highest BCUT2D eigenvalue weighted by atomic mass is 19.4. The molecule has 0 unspecified atom stereocenters. The van der Waals surface area contributed by atoms with E-state index in [1.807, 2.05) is 0 Å². The van der Waals surface area contributed by atoms with Gasteiger partial charge in [0.05, 0.1) is 18.0 Å². The van der Waals surface area contributed by atoms with Gasteiger partial charge in [-0.2, -0.15) is 13.2 Å². The molecule has 0 radical (unpaired) electrons. The lowest BCUT2D eigenvalue weighted by atomic mass is 10.1. The number of benzene rings is 1. The number of anilines is 2. The first-order chi connectivity index (χ1) is 11.9. The van der Waals surface area contributed by atoms with E-state index in [1.54, 1.807) is 4.90 Å². The molecule has 0 bridgehead atoms. The Morgan fingerprint density at radius 3 is 2.48 bits per heavy atom. The van der Waals surface area contributed by atoms with E-state index in [2.05, 4.69) is 15.3 Å². The van der Waals surface area contributed by atoms with E-state index < -0.39 is 11.7 Å². The predicted octanol–water partition coefficient (Wildman–Crippen LogP) is 3.87. The van der Waals surface area contributed by atoms with Gasteiger partial charge in [-0.05, 0) is 37.5 Å². The van der Waals surface area contributed by atoms with E-state index in [0.717, 1.165) is 31.4 Å². The molecule has 1 amide bonds. The zero-order valence-corrected chi connectivity index (χ0v) is 13.4. The van der Waals surface area contributed by atoms with Gasteiger partial charge < -0.3 is 10.2 Å². The molecule has 0 spiro atoms. The molecule has 132 valence electrons. The first kappa shape index (κ1) is 17.2. The molecule has 1 aromatic heterocycles. The molecule has 1 fully saturated rings. The fraction of sp³-hybridized carbons (Fsp3) is 0.353. The van der Waals surface area contributed by atoms with Crippen molar-refractivity contribution in [3.05, 3.63) is 47.9 Å². The Morgan fingerprint density at radius 2 is 1.84 bits per heavy atom. The van der Waals surface area contributed by atoms with E-state index in [9.17, 15) is 18.0 Å². The van der Waals surface area contributed by atoms with Crippen molar-refractivity contribution in [3.63, 3.8) is 0 Å². The van der Waals surface area contributed by atoms with Crippen LogP contribution in [0, 0.1) is 0 Å². The summed E-state index contributed by atoms with van der Waals surface area (Å²) in [5.74, 6) is 0.104. The van der Waals surface area contributed by atoms with Gasteiger partial charge in [-0.3, -0.25) is 4.79 Å². The largest absolute Gasteiger partial charge is 0.416 e. The molecular formula is C17H17F3N4O. The third kappa shape index (κ3) is 4.26. The third-order valence-electron chi connectivity index (χ3n) is 3.98. The van der Waals surface area contributed by atoms with Crippen LogP contribution in [0.5, 0.6) is 0 Å². The van der Waals surface area contributed by atoms with Gasteiger partial charge in [-0.1, -0.05) is 6.07 Å². The molecular weight excluding hydrogens is 333 g/mol. The van der Waals surface area contributed by atoms with Crippen molar-refractivity contribution in [1.82, 2.24) is 14.9 Å². The number of hydrogen-bond acceptors (Lipinski definition) is 4. The van der Waals surface area contributed by atoms with Crippen LogP contribution in [-0.2, 0) is 6.18 Å². The van der Waals surface area contributed by atoms with Crippen LogP contribution in [0.2, 0.25) is 0 Å². The summed E-state index contributed by atoms with van der Waals surface area (Å²) in [6, 6.07) is 4.81. The minimum atomic E-state index is -4.41. The molecule has 0 saturated carbocycles. The third-order valence-corrected chi connectivity index (χ3v) is 3.98. The molecule has 3 rings (SSSR count). The fourth-order valence-corrected chi connectivity index (χ4v) is 2.68. The van der Waals surface area contributed by atoms with Crippen molar-refractivity contribution < 1.29 is 18.0 Å². The zero-order valence-electron chi connectivity index (χ0n) is 13.4. The summed E-state index contributed by atoms with van der Waals surface area (Å²) < 4.78 is 38.2. The fourth-order valence-electron chi connectivity index (χ4n) is 2.68. The Hall–Kier alpha value is -2.64. The normalized spacial score (nSPS) is 15.1. The van der Waals surface area contributed by atoms with Crippen LogP contribution >= 0.6 is 0 Å². The first-order valence-electron chi connectivity index (χ1n) is 7.99. The second-order valence-corrected chi connectivity index (χ2v) is 5.84. The lowest BCUT2D eigenvalue weighted by Gasteiger charge is -2.26. The molecule has 25 heavy (non-hydrogen) atoms. The number of nitrogens with zero attached hydrogens (tertiary/aromatic N) is 3. The molecule has 2 heterocycles. The number of alkyl halides is 3. The molecule has 2 aromatic rings. The maximum atomic E-state index is 12.7. The van der Waals surface area contributed by atoms with E-state index >= 15 is 0 Å². The van der Waals surface area contributed by atoms with E-state index in [0.29, 0.717) is 13.1 Å². The molecule has 5 nitrogen and oxygen atoms in total. The van der Waals surface area contributed by atoms with Crippen LogP contribution in [0.25, 0.3) is 0 Å². The Morgan fingerprint density at radius 1 is 1.08 bits per heavy atom. The van der Waals surface area contributed by atoms with Crippen molar-refractivity contribution in [3.8, 4) is 0 Å². The maximum Gasteiger partial charge on any atom is 0.416 e. The van der Waals surface area contributed by atoms with Crippen LogP contribution < -0.4 is 5.32 Å². The Balaban J connectivity index is 1.69. The molecule has 1 aliphatic rings. The van der Waals surface area contributed by atoms with Gasteiger partial charge in [0.2, 0.25) is 0 Å². The second-order valence-electron chi connectivity index (χ2n) is 5.84. The Kier molecular flexibility index (Phi) is 4.87. The quantitative estimate of drug-likeness (QED) is 0.913. The average Bonchev–Trinajstić information content (AvgIpc) is 2.62. The Bertz CT molecular complexity index is 740. The number of rotatable bonds is 3.